The molecule has 2 aromatic carbocycles. The third kappa shape index (κ3) is 2.27. The predicted molar refractivity (Wildman–Crippen MR) is 93.1 cm³/mol. The van der Waals surface area contributed by atoms with E-state index in [1.54, 1.807) is 7.11 Å². The Balaban J connectivity index is 1.74. The van der Waals surface area contributed by atoms with Crippen molar-refractivity contribution < 1.29 is 9.53 Å². The molecule has 0 spiro atoms. The molecule has 0 unspecified atom stereocenters. The van der Waals surface area contributed by atoms with E-state index in [1.807, 2.05) is 76.5 Å². The summed E-state index contributed by atoms with van der Waals surface area (Å²) < 4.78 is 7.20. The molecule has 120 valence electrons. The first kappa shape index (κ1) is 14.6. The molecular formula is C20H18N2O2. The third-order valence-corrected chi connectivity index (χ3v) is 4.51. The molecule has 24 heavy (non-hydrogen) atoms. The fourth-order valence-electron chi connectivity index (χ4n) is 3.31. The number of anilines is 1. The molecule has 0 N–H and O–H groups in total. The maximum atomic E-state index is 12.9. The number of aromatic nitrogens is 1. The number of methoxy groups -OCH3 is 1. The minimum absolute atomic E-state index is 0.0144. The number of carbonyl (C=O) groups excluding carboxylic acids is 1. The Morgan fingerprint density at radius 2 is 1.50 bits per heavy atom. The molecule has 3 aromatic rings. The average Bonchev–Trinajstić information content (AvgIpc) is 3.15. The van der Waals surface area contributed by atoms with Gasteiger partial charge in [0.25, 0.3) is 5.91 Å². The molecule has 0 bridgehead atoms. The average molecular weight is 318 g/mol. The lowest BCUT2D eigenvalue weighted by Crippen LogP contribution is -2.55. The van der Waals surface area contributed by atoms with Gasteiger partial charge in [-0.15, -0.1) is 0 Å². The summed E-state index contributed by atoms with van der Waals surface area (Å²) in [5.74, 6) is 0.884. The smallest absolute Gasteiger partial charge is 0.253 e. The van der Waals surface area contributed by atoms with Gasteiger partial charge < -0.3 is 14.2 Å². The molecule has 0 aliphatic carbocycles. The van der Waals surface area contributed by atoms with Crippen LogP contribution in [0.5, 0.6) is 5.75 Å². The zero-order valence-corrected chi connectivity index (χ0v) is 13.4. The molecule has 0 radical (unpaired) electrons. The maximum Gasteiger partial charge on any atom is 0.253 e. The Morgan fingerprint density at radius 3 is 2.12 bits per heavy atom. The Kier molecular flexibility index (Phi) is 3.58. The standard InChI is InChI=1S/C20H18N2O2/c1-24-17-11-9-16(10-12-17)22-18(15-7-3-2-4-8-15)19(20(22)23)21-13-5-6-14-21/h2-14,18-19H,1H3/t18-,19-/m1/s1. The van der Waals surface area contributed by atoms with Crippen LogP contribution in [-0.4, -0.2) is 17.6 Å². The van der Waals surface area contributed by atoms with Crippen LogP contribution < -0.4 is 9.64 Å². The third-order valence-electron chi connectivity index (χ3n) is 4.51. The fraction of sp³-hybridized carbons (Fsp3) is 0.150. The number of amides is 1. The summed E-state index contributed by atoms with van der Waals surface area (Å²) in [5.41, 5.74) is 2.02. The fourth-order valence-corrected chi connectivity index (χ4v) is 3.31. The first-order valence-electron chi connectivity index (χ1n) is 7.94. The Labute approximate surface area is 140 Å². The molecule has 1 aromatic heterocycles. The van der Waals surface area contributed by atoms with Gasteiger partial charge in [0.2, 0.25) is 0 Å². The van der Waals surface area contributed by atoms with Gasteiger partial charge in [-0.2, -0.15) is 0 Å². The van der Waals surface area contributed by atoms with Crippen LogP contribution in [0.1, 0.15) is 17.6 Å². The lowest BCUT2D eigenvalue weighted by molar-refractivity contribution is -0.129. The van der Waals surface area contributed by atoms with Crippen molar-refractivity contribution in [2.45, 2.75) is 12.1 Å². The summed E-state index contributed by atoms with van der Waals surface area (Å²) in [4.78, 5) is 14.7. The van der Waals surface area contributed by atoms with Crippen molar-refractivity contribution in [3.05, 3.63) is 84.7 Å². The molecule has 1 aliphatic heterocycles. The van der Waals surface area contributed by atoms with Gasteiger partial charge in [-0.25, -0.2) is 0 Å². The topological polar surface area (TPSA) is 34.5 Å². The molecule has 1 saturated heterocycles. The Morgan fingerprint density at radius 1 is 0.833 bits per heavy atom. The highest BCUT2D eigenvalue weighted by Crippen LogP contribution is 2.46. The van der Waals surface area contributed by atoms with E-state index < -0.39 is 0 Å². The zero-order chi connectivity index (χ0) is 16.5. The summed E-state index contributed by atoms with van der Waals surface area (Å²) in [5, 5.41) is 0. The van der Waals surface area contributed by atoms with E-state index >= 15 is 0 Å². The van der Waals surface area contributed by atoms with Crippen molar-refractivity contribution in [3.8, 4) is 5.75 Å². The second kappa shape index (κ2) is 5.89. The second-order valence-corrected chi connectivity index (χ2v) is 5.84. The van der Waals surface area contributed by atoms with Crippen LogP contribution in [0.2, 0.25) is 0 Å². The lowest BCUT2D eigenvalue weighted by atomic mass is 9.87. The molecule has 2 atom stereocenters. The number of carbonyl (C=O) groups is 1. The van der Waals surface area contributed by atoms with Gasteiger partial charge >= 0.3 is 0 Å². The quantitative estimate of drug-likeness (QED) is 0.685. The summed E-state index contributed by atoms with van der Waals surface area (Å²) in [6.45, 7) is 0. The zero-order valence-electron chi connectivity index (χ0n) is 13.4. The minimum atomic E-state index is -0.204. The van der Waals surface area contributed by atoms with Crippen LogP contribution >= 0.6 is 0 Å². The first-order valence-corrected chi connectivity index (χ1v) is 7.94. The van der Waals surface area contributed by atoms with Gasteiger partial charge in [-0.3, -0.25) is 4.79 Å². The normalized spacial score (nSPS) is 19.9. The van der Waals surface area contributed by atoms with Crippen molar-refractivity contribution in [2.75, 3.05) is 12.0 Å². The van der Waals surface area contributed by atoms with Gasteiger partial charge in [-0.1, -0.05) is 30.3 Å². The highest BCUT2D eigenvalue weighted by atomic mass is 16.5. The van der Waals surface area contributed by atoms with E-state index in [9.17, 15) is 4.79 Å². The maximum absolute atomic E-state index is 12.9. The van der Waals surface area contributed by atoms with Gasteiger partial charge in [0.1, 0.15) is 11.8 Å². The number of hydrogen-bond donors (Lipinski definition) is 0. The monoisotopic (exact) mass is 318 g/mol. The van der Waals surface area contributed by atoms with Gasteiger partial charge in [0.05, 0.1) is 13.2 Å². The first-order chi connectivity index (χ1) is 11.8. The van der Waals surface area contributed by atoms with Crippen LogP contribution in [0.3, 0.4) is 0 Å². The van der Waals surface area contributed by atoms with E-state index in [-0.39, 0.29) is 18.0 Å². The molecule has 4 heteroatoms. The number of β-lactam (4-membered cyclic amide) rings is 1. The molecule has 4 nitrogen and oxygen atoms in total. The van der Waals surface area contributed by atoms with Gasteiger partial charge in [-0.05, 0) is 42.0 Å². The van der Waals surface area contributed by atoms with Crippen molar-refractivity contribution in [2.24, 2.45) is 0 Å². The summed E-state index contributed by atoms with van der Waals surface area (Å²) >= 11 is 0. The number of ether oxygens (including phenoxy) is 1. The van der Waals surface area contributed by atoms with Gasteiger partial charge in [0.15, 0.2) is 0 Å². The van der Waals surface area contributed by atoms with E-state index in [1.165, 1.54) is 0 Å². The predicted octanol–water partition coefficient (Wildman–Crippen LogP) is 3.83. The molecule has 4 rings (SSSR count). The summed E-state index contributed by atoms with van der Waals surface area (Å²) in [7, 11) is 1.64. The second-order valence-electron chi connectivity index (χ2n) is 5.84. The number of nitrogens with zero attached hydrogens (tertiary/aromatic N) is 2. The SMILES string of the molecule is COc1ccc(N2C(=O)[C@H](n3cccc3)[C@H]2c2ccccc2)cc1. The van der Waals surface area contributed by atoms with Gasteiger partial charge in [0, 0.05) is 18.1 Å². The molecule has 0 saturated carbocycles. The highest BCUT2D eigenvalue weighted by Gasteiger charge is 2.49. The van der Waals surface area contributed by atoms with Crippen LogP contribution in [0.4, 0.5) is 5.69 Å². The number of benzene rings is 2. The van der Waals surface area contributed by atoms with Crippen molar-refractivity contribution in [1.82, 2.24) is 4.57 Å². The Bertz CT molecular complexity index is 826. The summed E-state index contributed by atoms with van der Waals surface area (Å²) in [6.07, 6.45) is 3.90. The van der Waals surface area contributed by atoms with Crippen molar-refractivity contribution in [1.29, 1.82) is 0 Å². The Hall–Kier alpha value is -3.01. The minimum Gasteiger partial charge on any atom is -0.497 e. The van der Waals surface area contributed by atoms with Crippen LogP contribution in [0.25, 0.3) is 0 Å². The summed E-state index contributed by atoms with van der Waals surface area (Å²) in [6, 6.07) is 21.5. The van der Waals surface area contributed by atoms with E-state index in [2.05, 4.69) is 12.1 Å². The van der Waals surface area contributed by atoms with Crippen LogP contribution in [0, 0.1) is 0 Å². The molecular weight excluding hydrogens is 300 g/mol. The molecule has 1 amide bonds. The largest absolute Gasteiger partial charge is 0.497 e. The van der Waals surface area contributed by atoms with E-state index in [4.69, 9.17) is 4.74 Å². The van der Waals surface area contributed by atoms with Crippen molar-refractivity contribution in [3.63, 3.8) is 0 Å². The lowest BCUT2D eigenvalue weighted by Gasteiger charge is -2.48. The van der Waals surface area contributed by atoms with Crippen LogP contribution in [0.15, 0.2) is 79.1 Å². The number of rotatable bonds is 4. The van der Waals surface area contributed by atoms with Crippen molar-refractivity contribution >= 4 is 11.6 Å². The van der Waals surface area contributed by atoms with E-state index in [0.29, 0.717) is 0 Å². The molecule has 1 aliphatic rings. The van der Waals surface area contributed by atoms with Crippen LogP contribution in [-0.2, 0) is 4.79 Å². The molecule has 2 heterocycles. The van der Waals surface area contributed by atoms with E-state index in [0.717, 1.165) is 17.0 Å². The molecule has 1 fully saturated rings. The number of hydrogen-bond acceptors (Lipinski definition) is 2. The highest BCUT2D eigenvalue weighted by molar-refractivity contribution is 6.04.